The lowest BCUT2D eigenvalue weighted by atomic mass is 10.1. The molecule has 0 aromatic carbocycles. The van der Waals surface area contributed by atoms with Gasteiger partial charge in [-0.25, -0.2) is 8.42 Å². The Bertz CT molecular complexity index is 608. The Morgan fingerprint density at radius 1 is 1.48 bits per heavy atom. The van der Waals surface area contributed by atoms with Crippen LogP contribution < -0.4 is 0 Å². The quantitative estimate of drug-likeness (QED) is 0.790. The van der Waals surface area contributed by atoms with E-state index in [4.69, 9.17) is 4.42 Å². The molecule has 0 unspecified atom stereocenters. The van der Waals surface area contributed by atoms with Gasteiger partial charge in [0.1, 0.15) is 5.76 Å². The van der Waals surface area contributed by atoms with Gasteiger partial charge in [-0.3, -0.25) is 4.79 Å². The van der Waals surface area contributed by atoms with Gasteiger partial charge in [-0.15, -0.1) is 0 Å². The maximum Gasteiger partial charge on any atom is 0.223 e. The van der Waals surface area contributed by atoms with Crippen molar-refractivity contribution in [2.24, 2.45) is 5.92 Å². The van der Waals surface area contributed by atoms with E-state index in [2.05, 4.69) is 15.9 Å². The van der Waals surface area contributed by atoms with Crippen LogP contribution in [0.3, 0.4) is 0 Å². The van der Waals surface area contributed by atoms with Gasteiger partial charge in [0.15, 0.2) is 14.5 Å². The smallest absolute Gasteiger partial charge is 0.223 e. The summed E-state index contributed by atoms with van der Waals surface area (Å²) in [5.74, 6) is 1.09. The fourth-order valence-corrected chi connectivity index (χ4v) is 4.58. The van der Waals surface area contributed by atoms with Crippen molar-refractivity contribution in [2.75, 3.05) is 11.5 Å². The SMILES string of the molecule is CC(C)CC(=O)N(Cc1ccc(Br)o1)[C@@H]1CCS(=O)(=O)C1. The largest absolute Gasteiger partial charge is 0.452 e. The van der Waals surface area contributed by atoms with E-state index < -0.39 is 9.84 Å². The molecular weight excluding hydrogens is 358 g/mol. The summed E-state index contributed by atoms with van der Waals surface area (Å²) in [6.45, 7) is 4.27. The van der Waals surface area contributed by atoms with Crippen LogP contribution in [0.2, 0.25) is 0 Å². The van der Waals surface area contributed by atoms with Gasteiger partial charge >= 0.3 is 0 Å². The normalized spacial score (nSPS) is 20.9. The number of rotatable bonds is 5. The molecule has 1 amide bonds. The lowest BCUT2D eigenvalue weighted by Crippen LogP contribution is -2.41. The van der Waals surface area contributed by atoms with Crippen molar-refractivity contribution in [2.45, 2.75) is 39.3 Å². The van der Waals surface area contributed by atoms with Gasteiger partial charge in [0.05, 0.1) is 18.1 Å². The number of hydrogen-bond donors (Lipinski definition) is 0. The van der Waals surface area contributed by atoms with Gasteiger partial charge in [0.2, 0.25) is 5.91 Å². The zero-order valence-electron chi connectivity index (χ0n) is 12.2. The molecule has 118 valence electrons. The Balaban J connectivity index is 2.16. The number of furan rings is 1. The molecular formula is C14H20BrNO4S. The lowest BCUT2D eigenvalue weighted by Gasteiger charge is -2.28. The molecule has 2 heterocycles. The minimum absolute atomic E-state index is 0.0142. The number of sulfone groups is 1. The average Bonchev–Trinajstić information content (AvgIpc) is 2.91. The zero-order chi connectivity index (χ0) is 15.6. The molecule has 0 aliphatic carbocycles. The van der Waals surface area contributed by atoms with Gasteiger partial charge in [0.25, 0.3) is 0 Å². The molecule has 1 aliphatic rings. The van der Waals surface area contributed by atoms with Crippen LogP contribution in [-0.4, -0.2) is 36.8 Å². The predicted octanol–water partition coefficient (Wildman–Crippen LogP) is 2.60. The average molecular weight is 378 g/mol. The van der Waals surface area contributed by atoms with Crippen molar-refractivity contribution < 1.29 is 17.6 Å². The van der Waals surface area contributed by atoms with Crippen LogP contribution in [0, 0.1) is 5.92 Å². The first-order chi connectivity index (χ1) is 9.77. The second kappa shape index (κ2) is 6.52. The van der Waals surface area contributed by atoms with E-state index in [-0.39, 0.29) is 29.4 Å². The van der Waals surface area contributed by atoms with Crippen molar-refractivity contribution >= 4 is 31.7 Å². The third kappa shape index (κ3) is 4.57. The fourth-order valence-electron chi connectivity index (χ4n) is 2.51. The van der Waals surface area contributed by atoms with Crippen molar-refractivity contribution in [3.8, 4) is 0 Å². The van der Waals surface area contributed by atoms with Crippen LogP contribution in [0.15, 0.2) is 21.2 Å². The summed E-state index contributed by atoms with van der Waals surface area (Å²) >= 11 is 3.24. The Morgan fingerprint density at radius 3 is 2.67 bits per heavy atom. The Kier molecular flexibility index (Phi) is 5.14. The molecule has 0 saturated carbocycles. The summed E-state index contributed by atoms with van der Waals surface area (Å²) in [6.07, 6.45) is 0.923. The summed E-state index contributed by atoms with van der Waals surface area (Å²) in [6, 6.07) is 3.32. The van der Waals surface area contributed by atoms with Gasteiger partial charge in [-0.2, -0.15) is 0 Å². The number of amides is 1. The van der Waals surface area contributed by atoms with Gasteiger partial charge in [-0.1, -0.05) is 13.8 Å². The van der Waals surface area contributed by atoms with Crippen LogP contribution in [0.5, 0.6) is 0 Å². The molecule has 21 heavy (non-hydrogen) atoms. The van der Waals surface area contributed by atoms with Crippen LogP contribution in [0.1, 0.15) is 32.4 Å². The highest BCUT2D eigenvalue weighted by atomic mass is 79.9. The molecule has 1 atom stereocenters. The van der Waals surface area contributed by atoms with E-state index >= 15 is 0 Å². The molecule has 0 spiro atoms. The van der Waals surface area contributed by atoms with E-state index in [1.165, 1.54) is 0 Å². The third-order valence-electron chi connectivity index (χ3n) is 3.51. The van der Waals surface area contributed by atoms with Gasteiger partial charge in [0, 0.05) is 12.5 Å². The molecule has 0 bridgehead atoms. The number of carbonyl (C=O) groups excluding carboxylic acids is 1. The standard InChI is InChI=1S/C14H20BrNO4S/c1-10(2)7-14(17)16(8-12-3-4-13(15)20-12)11-5-6-21(18,19)9-11/h3-4,10-11H,5-9H2,1-2H3/t11-/m1/s1. The predicted molar refractivity (Wildman–Crippen MR) is 83.5 cm³/mol. The fraction of sp³-hybridized carbons (Fsp3) is 0.643. The molecule has 1 fully saturated rings. The number of nitrogens with zero attached hydrogens (tertiary/aromatic N) is 1. The van der Waals surface area contributed by atoms with Crippen LogP contribution in [0.25, 0.3) is 0 Å². The molecule has 1 aromatic rings. The van der Waals surface area contributed by atoms with Crippen molar-refractivity contribution in [1.82, 2.24) is 4.90 Å². The second-order valence-corrected chi connectivity index (χ2v) is 8.89. The van der Waals surface area contributed by atoms with Crippen LogP contribution in [-0.2, 0) is 21.2 Å². The minimum atomic E-state index is -3.02. The third-order valence-corrected chi connectivity index (χ3v) is 5.68. The molecule has 0 radical (unpaired) electrons. The lowest BCUT2D eigenvalue weighted by molar-refractivity contribution is -0.134. The van der Waals surface area contributed by atoms with E-state index in [9.17, 15) is 13.2 Å². The highest BCUT2D eigenvalue weighted by Crippen LogP contribution is 2.23. The molecule has 1 saturated heterocycles. The first-order valence-corrected chi connectivity index (χ1v) is 9.62. The summed E-state index contributed by atoms with van der Waals surface area (Å²) < 4.78 is 29.4. The van der Waals surface area contributed by atoms with Crippen LogP contribution >= 0.6 is 15.9 Å². The number of halogens is 1. The second-order valence-electron chi connectivity index (χ2n) is 5.88. The summed E-state index contributed by atoms with van der Waals surface area (Å²) in [4.78, 5) is 14.1. The van der Waals surface area contributed by atoms with Crippen molar-refractivity contribution in [3.63, 3.8) is 0 Å². The topological polar surface area (TPSA) is 67.6 Å². The van der Waals surface area contributed by atoms with Crippen molar-refractivity contribution in [3.05, 3.63) is 22.6 Å². The van der Waals surface area contributed by atoms with Gasteiger partial charge in [-0.05, 0) is 40.4 Å². The molecule has 2 rings (SSSR count). The van der Waals surface area contributed by atoms with E-state index in [0.29, 0.717) is 29.8 Å². The molecule has 1 aromatic heterocycles. The zero-order valence-corrected chi connectivity index (χ0v) is 14.6. The Labute approximate surface area is 133 Å². The summed E-state index contributed by atoms with van der Waals surface area (Å²) in [7, 11) is -3.02. The maximum atomic E-state index is 12.4. The summed E-state index contributed by atoms with van der Waals surface area (Å²) in [5, 5.41) is 0. The highest BCUT2D eigenvalue weighted by molar-refractivity contribution is 9.10. The molecule has 0 N–H and O–H groups in total. The first-order valence-electron chi connectivity index (χ1n) is 7.01. The maximum absolute atomic E-state index is 12.4. The first kappa shape index (κ1) is 16.5. The Morgan fingerprint density at radius 2 is 2.19 bits per heavy atom. The number of carbonyl (C=O) groups is 1. The highest BCUT2D eigenvalue weighted by Gasteiger charge is 2.35. The minimum Gasteiger partial charge on any atom is -0.452 e. The number of hydrogen-bond acceptors (Lipinski definition) is 4. The van der Waals surface area contributed by atoms with E-state index in [1.54, 1.807) is 17.0 Å². The summed E-state index contributed by atoms with van der Waals surface area (Å²) in [5.41, 5.74) is 0. The van der Waals surface area contributed by atoms with E-state index in [1.807, 2.05) is 13.8 Å². The van der Waals surface area contributed by atoms with Gasteiger partial charge < -0.3 is 9.32 Å². The van der Waals surface area contributed by atoms with Crippen molar-refractivity contribution in [1.29, 1.82) is 0 Å². The molecule has 1 aliphatic heterocycles. The monoisotopic (exact) mass is 377 g/mol. The Hall–Kier alpha value is -0.820. The molecule has 5 nitrogen and oxygen atoms in total. The van der Waals surface area contributed by atoms with Crippen LogP contribution in [0.4, 0.5) is 0 Å². The molecule has 7 heteroatoms. The van der Waals surface area contributed by atoms with E-state index in [0.717, 1.165) is 0 Å².